The molecule has 4 heteroatoms. The third kappa shape index (κ3) is 2.99. The van der Waals surface area contributed by atoms with Gasteiger partial charge in [0, 0.05) is 12.5 Å². The molecule has 0 bridgehead atoms. The van der Waals surface area contributed by atoms with Gasteiger partial charge in [0.1, 0.15) is 0 Å². The zero-order chi connectivity index (χ0) is 12.3. The van der Waals surface area contributed by atoms with Crippen LogP contribution in [0.5, 0.6) is 0 Å². The minimum Gasteiger partial charge on any atom is -0.338 e. The summed E-state index contributed by atoms with van der Waals surface area (Å²) in [4.78, 5) is 4.40. The fourth-order valence-corrected chi connectivity index (χ4v) is 2.67. The van der Waals surface area contributed by atoms with Crippen LogP contribution >= 0.6 is 0 Å². The number of hydrogen-bond acceptors (Lipinski definition) is 4. The molecule has 17 heavy (non-hydrogen) atoms. The molecule has 0 unspecified atom stereocenters. The van der Waals surface area contributed by atoms with E-state index in [1.807, 2.05) is 6.92 Å². The van der Waals surface area contributed by atoms with Crippen LogP contribution < -0.4 is 5.32 Å². The van der Waals surface area contributed by atoms with E-state index in [0.29, 0.717) is 11.9 Å². The zero-order valence-electron chi connectivity index (χ0n) is 11.1. The van der Waals surface area contributed by atoms with Crippen molar-refractivity contribution in [1.29, 1.82) is 0 Å². The van der Waals surface area contributed by atoms with Gasteiger partial charge >= 0.3 is 6.01 Å². The predicted molar refractivity (Wildman–Crippen MR) is 68.0 cm³/mol. The highest BCUT2D eigenvalue weighted by Gasteiger charge is 2.27. The molecule has 1 aromatic heterocycles. The summed E-state index contributed by atoms with van der Waals surface area (Å²) in [6.07, 6.45) is 5.00. The van der Waals surface area contributed by atoms with Gasteiger partial charge in [-0.25, -0.2) is 0 Å². The fraction of sp³-hybridized carbons (Fsp3) is 0.846. The molecule has 1 aromatic rings. The molecule has 96 valence electrons. The van der Waals surface area contributed by atoms with E-state index >= 15 is 0 Å². The van der Waals surface area contributed by atoms with E-state index in [1.165, 1.54) is 25.7 Å². The van der Waals surface area contributed by atoms with Gasteiger partial charge in [-0.1, -0.05) is 19.0 Å². The maximum absolute atomic E-state index is 5.16. The van der Waals surface area contributed by atoms with Crippen molar-refractivity contribution in [3.63, 3.8) is 0 Å². The van der Waals surface area contributed by atoms with Crippen LogP contribution in [0.3, 0.4) is 0 Å². The number of hydrogen-bond donors (Lipinski definition) is 1. The molecule has 0 aromatic carbocycles. The monoisotopic (exact) mass is 237 g/mol. The Hall–Kier alpha value is -1.06. The molecule has 1 aliphatic rings. The molecule has 1 aliphatic carbocycles. The second-order valence-electron chi connectivity index (χ2n) is 5.34. The number of aromatic nitrogens is 2. The Kier molecular flexibility index (Phi) is 4.02. The van der Waals surface area contributed by atoms with Gasteiger partial charge < -0.3 is 9.84 Å². The molecule has 0 spiro atoms. The van der Waals surface area contributed by atoms with E-state index in [1.54, 1.807) is 0 Å². The molecular weight excluding hydrogens is 214 g/mol. The maximum atomic E-state index is 5.16. The first-order valence-corrected chi connectivity index (χ1v) is 6.78. The van der Waals surface area contributed by atoms with E-state index < -0.39 is 0 Å². The first kappa shape index (κ1) is 12.4. The van der Waals surface area contributed by atoms with Crippen LogP contribution in [0.1, 0.15) is 58.2 Å². The number of nitrogens with zero attached hydrogens (tertiary/aromatic N) is 2. The molecule has 0 aliphatic heterocycles. The Balaban J connectivity index is 1.91. The van der Waals surface area contributed by atoms with Gasteiger partial charge in [-0.15, -0.1) is 0 Å². The zero-order valence-corrected chi connectivity index (χ0v) is 11.1. The topological polar surface area (TPSA) is 51.0 Å². The average molecular weight is 237 g/mol. The van der Waals surface area contributed by atoms with Crippen molar-refractivity contribution < 1.29 is 4.52 Å². The van der Waals surface area contributed by atoms with Crippen LogP contribution in [0.25, 0.3) is 0 Å². The first-order chi connectivity index (χ1) is 8.20. The maximum Gasteiger partial charge on any atom is 0.321 e. The normalized spacial score (nSPS) is 25.2. The fourth-order valence-electron chi connectivity index (χ4n) is 2.67. The summed E-state index contributed by atoms with van der Waals surface area (Å²) >= 11 is 0. The molecule has 0 amide bonds. The van der Waals surface area contributed by atoms with Crippen molar-refractivity contribution in [2.45, 2.75) is 52.4 Å². The highest BCUT2D eigenvalue weighted by atomic mass is 16.5. The summed E-state index contributed by atoms with van der Waals surface area (Å²) in [7, 11) is 0. The van der Waals surface area contributed by atoms with Crippen molar-refractivity contribution in [3.8, 4) is 0 Å². The summed E-state index contributed by atoms with van der Waals surface area (Å²) in [5.74, 6) is 3.08. The van der Waals surface area contributed by atoms with Gasteiger partial charge in [0.05, 0.1) is 0 Å². The Bertz CT molecular complexity index is 340. The van der Waals surface area contributed by atoms with E-state index in [0.717, 1.165) is 24.2 Å². The van der Waals surface area contributed by atoms with Gasteiger partial charge in [-0.2, -0.15) is 4.98 Å². The number of nitrogens with one attached hydrogen (secondary N) is 1. The summed E-state index contributed by atoms with van der Waals surface area (Å²) in [6, 6.07) is 0.563. The third-order valence-electron chi connectivity index (χ3n) is 3.85. The van der Waals surface area contributed by atoms with Crippen LogP contribution in [0, 0.1) is 11.8 Å². The molecule has 0 atom stereocenters. The van der Waals surface area contributed by atoms with Crippen LogP contribution in [-0.4, -0.2) is 16.7 Å². The Labute approximate surface area is 103 Å². The average Bonchev–Trinajstić information content (AvgIpc) is 2.78. The number of anilines is 1. The highest BCUT2D eigenvalue weighted by molar-refractivity contribution is 5.18. The molecule has 1 saturated carbocycles. The van der Waals surface area contributed by atoms with Gasteiger partial charge in [-0.05, 0) is 44.4 Å². The van der Waals surface area contributed by atoms with E-state index in [-0.39, 0.29) is 0 Å². The van der Waals surface area contributed by atoms with E-state index in [2.05, 4.69) is 29.3 Å². The predicted octanol–water partition coefficient (Wildman–Crippen LogP) is 3.43. The van der Waals surface area contributed by atoms with Crippen molar-refractivity contribution in [3.05, 3.63) is 5.82 Å². The molecule has 1 heterocycles. The minimum absolute atomic E-state index is 0.501. The molecule has 4 nitrogen and oxygen atoms in total. The van der Waals surface area contributed by atoms with Gasteiger partial charge in [-0.3, -0.25) is 0 Å². The lowest BCUT2D eigenvalue weighted by atomic mass is 9.77. The van der Waals surface area contributed by atoms with Crippen molar-refractivity contribution in [1.82, 2.24) is 10.1 Å². The van der Waals surface area contributed by atoms with E-state index in [4.69, 9.17) is 4.52 Å². The van der Waals surface area contributed by atoms with Crippen LogP contribution in [-0.2, 0) is 0 Å². The third-order valence-corrected chi connectivity index (χ3v) is 3.85. The lowest BCUT2D eigenvalue weighted by molar-refractivity contribution is 0.252. The van der Waals surface area contributed by atoms with Crippen molar-refractivity contribution in [2.75, 3.05) is 11.9 Å². The molecular formula is C13H23N3O. The quantitative estimate of drug-likeness (QED) is 0.871. The largest absolute Gasteiger partial charge is 0.338 e. The Morgan fingerprint density at radius 3 is 2.59 bits per heavy atom. The Morgan fingerprint density at radius 2 is 2.00 bits per heavy atom. The van der Waals surface area contributed by atoms with Crippen LogP contribution in [0.15, 0.2) is 4.52 Å². The molecule has 0 radical (unpaired) electrons. The second kappa shape index (κ2) is 5.52. The first-order valence-electron chi connectivity index (χ1n) is 6.78. The summed E-state index contributed by atoms with van der Waals surface area (Å²) < 4.78 is 5.16. The van der Waals surface area contributed by atoms with Crippen LogP contribution in [0.4, 0.5) is 6.01 Å². The molecule has 2 rings (SSSR count). The van der Waals surface area contributed by atoms with Gasteiger partial charge in [0.15, 0.2) is 5.82 Å². The van der Waals surface area contributed by atoms with Gasteiger partial charge in [0.25, 0.3) is 0 Å². The highest BCUT2D eigenvalue weighted by Crippen LogP contribution is 2.37. The molecule has 1 N–H and O–H groups in total. The Morgan fingerprint density at radius 1 is 1.29 bits per heavy atom. The van der Waals surface area contributed by atoms with Crippen molar-refractivity contribution in [2.24, 2.45) is 11.8 Å². The second-order valence-corrected chi connectivity index (χ2v) is 5.34. The van der Waals surface area contributed by atoms with Gasteiger partial charge in [0.2, 0.25) is 0 Å². The summed E-state index contributed by atoms with van der Waals surface area (Å²) in [5.41, 5.74) is 0. The summed E-state index contributed by atoms with van der Waals surface area (Å²) in [6.45, 7) is 7.49. The lowest BCUT2D eigenvalue weighted by Crippen LogP contribution is -2.18. The van der Waals surface area contributed by atoms with Crippen LogP contribution in [0.2, 0.25) is 0 Å². The SMILES string of the molecule is CCNc1nc(C2CCC(C(C)C)CC2)no1. The minimum atomic E-state index is 0.501. The lowest BCUT2D eigenvalue weighted by Gasteiger charge is -2.29. The van der Waals surface area contributed by atoms with Crippen molar-refractivity contribution >= 4 is 6.01 Å². The number of rotatable bonds is 4. The standard InChI is InChI=1S/C13H23N3O/c1-4-14-13-15-12(16-17-13)11-7-5-10(6-8-11)9(2)3/h9-11H,4-8H2,1-3H3,(H,14,15,16). The molecule has 0 saturated heterocycles. The molecule has 1 fully saturated rings. The summed E-state index contributed by atoms with van der Waals surface area (Å²) in [5, 5.41) is 7.13. The van der Waals surface area contributed by atoms with E-state index in [9.17, 15) is 0 Å². The smallest absolute Gasteiger partial charge is 0.321 e.